The van der Waals surface area contributed by atoms with E-state index in [-0.39, 0.29) is 5.24 Å². The molecule has 0 saturated heterocycles. The van der Waals surface area contributed by atoms with Gasteiger partial charge in [-0.3, -0.25) is 4.79 Å². The molecule has 0 aromatic heterocycles. The van der Waals surface area contributed by atoms with E-state index in [0.29, 0.717) is 0 Å². The quantitative estimate of drug-likeness (QED) is 0.539. The topological polar surface area (TPSA) is 20.3 Å². The fourth-order valence-corrected chi connectivity index (χ4v) is 0.726. The number of rotatable bonds is 1. The third-order valence-electron chi connectivity index (χ3n) is 0.961. The van der Waals surface area contributed by atoms with Gasteiger partial charge in [-0.25, -0.2) is 0 Å². The summed E-state index contributed by atoms with van der Waals surface area (Å²) >= 11 is 1.24. The lowest BCUT2D eigenvalue weighted by Gasteiger charge is -2.10. The highest BCUT2D eigenvalue weighted by Gasteiger charge is 2.00. The maximum absolute atomic E-state index is 10.6. The van der Waals surface area contributed by atoms with Crippen molar-refractivity contribution in [1.82, 2.24) is 4.90 Å². The zero-order valence-corrected chi connectivity index (χ0v) is 6.29. The molecule has 3 heteroatoms. The lowest BCUT2D eigenvalue weighted by atomic mass is 10.7. The van der Waals surface area contributed by atoms with Crippen LogP contribution in [0.2, 0.25) is 0 Å². The van der Waals surface area contributed by atoms with Gasteiger partial charge < -0.3 is 4.90 Å². The predicted octanol–water partition coefficient (Wildman–Crippen LogP) is 1.42. The third kappa shape index (κ3) is 2.21. The molecule has 0 aliphatic heterocycles. The Morgan fingerprint density at radius 1 is 1.75 bits per heavy atom. The number of amides is 1. The first-order valence-corrected chi connectivity index (χ1v) is 3.74. The van der Waals surface area contributed by atoms with Crippen LogP contribution < -0.4 is 0 Å². The van der Waals surface area contributed by atoms with E-state index in [1.807, 2.05) is 6.92 Å². The Bertz CT molecular complexity index is 84.5. The SMILES string of the molecule is CCN(C)C(=O)SC. The van der Waals surface area contributed by atoms with Crippen molar-refractivity contribution in [3.05, 3.63) is 0 Å². The number of hydrogen-bond donors (Lipinski definition) is 0. The van der Waals surface area contributed by atoms with Crippen LogP contribution in [0.5, 0.6) is 0 Å². The molecule has 0 aliphatic rings. The van der Waals surface area contributed by atoms with Crippen molar-refractivity contribution in [3.8, 4) is 0 Å². The summed E-state index contributed by atoms with van der Waals surface area (Å²) in [7, 11) is 1.79. The van der Waals surface area contributed by atoms with Crippen molar-refractivity contribution < 1.29 is 4.79 Å². The van der Waals surface area contributed by atoms with Crippen LogP contribution in [0.25, 0.3) is 0 Å². The summed E-state index contributed by atoms with van der Waals surface area (Å²) in [5.74, 6) is 0. The van der Waals surface area contributed by atoms with Crippen molar-refractivity contribution in [2.75, 3.05) is 19.8 Å². The van der Waals surface area contributed by atoms with E-state index in [0.717, 1.165) is 6.54 Å². The van der Waals surface area contributed by atoms with Crippen LogP contribution in [0.4, 0.5) is 4.79 Å². The molecule has 0 aromatic rings. The van der Waals surface area contributed by atoms with Crippen LogP contribution in [0.3, 0.4) is 0 Å². The summed E-state index contributed by atoms with van der Waals surface area (Å²) < 4.78 is 0. The minimum Gasteiger partial charge on any atom is -0.337 e. The van der Waals surface area contributed by atoms with Crippen LogP contribution in [0.15, 0.2) is 0 Å². The highest BCUT2D eigenvalue weighted by atomic mass is 32.2. The molecule has 0 aromatic carbocycles. The van der Waals surface area contributed by atoms with E-state index < -0.39 is 0 Å². The molecular formula is C5H11NOS. The van der Waals surface area contributed by atoms with Crippen LogP contribution in [-0.4, -0.2) is 30.0 Å². The first-order chi connectivity index (χ1) is 3.72. The van der Waals surface area contributed by atoms with Gasteiger partial charge in [-0.05, 0) is 13.2 Å². The average molecular weight is 133 g/mol. The van der Waals surface area contributed by atoms with Crippen molar-refractivity contribution in [3.63, 3.8) is 0 Å². The summed E-state index contributed by atoms with van der Waals surface area (Å²) in [4.78, 5) is 12.3. The van der Waals surface area contributed by atoms with E-state index in [4.69, 9.17) is 0 Å². The Hall–Kier alpha value is -0.180. The average Bonchev–Trinajstić information content (AvgIpc) is 1.84. The monoisotopic (exact) mass is 133 g/mol. The van der Waals surface area contributed by atoms with E-state index in [9.17, 15) is 4.79 Å². The Morgan fingerprint density at radius 2 is 2.25 bits per heavy atom. The number of thioether (sulfide) groups is 1. The van der Waals surface area contributed by atoms with E-state index in [1.54, 1.807) is 18.2 Å². The summed E-state index contributed by atoms with van der Waals surface area (Å²) in [5, 5.41) is 0.132. The van der Waals surface area contributed by atoms with Crippen molar-refractivity contribution in [2.45, 2.75) is 6.92 Å². The Labute approximate surface area is 54.2 Å². The molecule has 0 spiro atoms. The van der Waals surface area contributed by atoms with Crippen molar-refractivity contribution >= 4 is 17.0 Å². The van der Waals surface area contributed by atoms with Gasteiger partial charge in [-0.2, -0.15) is 0 Å². The molecule has 0 unspecified atom stereocenters. The van der Waals surface area contributed by atoms with E-state index in [1.165, 1.54) is 11.8 Å². The molecule has 0 radical (unpaired) electrons. The predicted molar refractivity (Wildman–Crippen MR) is 37.2 cm³/mol. The summed E-state index contributed by atoms with van der Waals surface area (Å²) in [6, 6.07) is 0. The minimum absolute atomic E-state index is 0.132. The summed E-state index contributed by atoms with van der Waals surface area (Å²) in [6.45, 7) is 2.74. The van der Waals surface area contributed by atoms with Gasteiger partial charge in [-0.1, -0.05) is 11.8 Å². The van der Waals surface area contributed by atoms with Gasteiger partial charge in [0.05, 0.1) is 0 Å². The molecule has 0 bridgehead atoms. The largest absolute Gasteiger partial charge is 0.337 e. The molecule has 0 atom stereocenters. The molecule has 0 heterocycles. The molecule has 48 valence electrons. The molecule has 0 aliphatic carbocycles. The standard InChI is InChI=1S/C5H11NOS/c1-4-6(2)5(7)8-3/h4H2,1-3H3. The molecular weight excluding hydrogens is 122 g/mol. The normalized spacial score (nSPS) is 8.88. The smallest absolute Gasteiger partial charge is 0.281 e. The molecule has 0 saturated carbocycles. The summed E-state index contributed by atoms with van der Waals surface area (Å²) in [5.41, 5.74) is 0. The number of nitrogens with zero attached hydrogens (tertiary/aromatic N) is 1. The molecule has 0 N–H and O–H groups in total. The van der Waals surface area contributed by atoms with Gasteiger partial charge in [0.1, 0.15) is 0 Å². The Balaban J connectivity index is 3.46. The highest BCUT2D eigenvalue weighted by molar-refractivity contribution is 8.12. The van der Waals surface area contributed by atoms with Crippen LogP contribution in [0, 0.1) is 0 Å². The van der Waals surface area contributed by atoms with Gasteiger partial charge in [0.15, 0.2) is 0 Å². The zero-order valence-electron chi connectivity index (χ0n) is 5.47. The van der Waals surface area contributed by atoms with Crippen molar-refractivity contribution in [2.24, 2.45) is 0 Å². The molecule has 1 amide bonds. The number of carbonyl (C=O) groups is 1. The van der Waals surface area contributed by atoms with Crippen LogP contribution in [-0.2, 0) is 0 Å². The second-order valence-electron chi connectivity index (χ2n) is 1.48. The van der Waals surface area contributed by atoms with Gasteiger partial charge >= 0.3 is 0 Å². The number of carbonyl (C=O) groups excluding carboxylic acids is 1. The maximum Gasteiger partial charge on any atom is 0.281 e. The first kappa shape index (κ1) is 7.82. The van der Waals surface area contributed by atoms with Crippen LogP contribution >= 0.6 is 11.8 Å². The second-order valence-corrected chi connectivity index (χ2v) is 2.24. The van der Waals surface area contributed by atoms with Gasteiger partial charge in [0.25, 0.3) is 5.24 Å². The molecule has 2 nitrogen and oxygen atoms in total. The minimum atomic E-state index is 0.132. The van der Waals surface area contributed by atoms with Crippen molar-refractivity contribution in [1.29, 1.82) is 0 Å². The van der Waals surface area contributed by atoms with Gasteiger partial charge in [-0.15, -0.1) is 0 Å². The molecule has 0 rings (SSSR count). The molecule has 0 fully saturated rings. The Morgan fingerprint density at radius 3 is 2.38 bits per heavy atom. The fourth-order valence-electron chi connectivity index (χ4n) is 0.285. The maximum atomic E-state index is 10.6. The van der Waals surface area contributed by atoms with Crippen LogP contribution in [0.1, 0.15) is 6.92 Å². The lowest BCUT2D eigenvalue weighted by Crippen LogP contribution is -2.21. The lowest BCUT2D eigenvalue weighted by molar-refractivity contribution is 0.235. The second kappa shape index (κ2) is 3.78. The van der Waals surface area contributed by atoms with E-state index >= 15 is 0 Å². The summed E-state index contributed by atoms with van der Waals surface area (Å²) in [6.07, 6.45) is 1.79. The van der Waals surface area contributed by atoms with E-state index in [2.05, 4.69) is 0 Å². The zero-order chi connectivity index (χ0) is 6.57. The highest BCUT2D eigenvalue weighted by Crippen LogP contribution is 1.99. The fraction of sp³-hybridized carbons (Fsp3) is 0.800. The Kier molecular flexibility index (Phi) is 3.69. The number of hydrogen-bond acceptors (Lipinski definition) is 2. The molecule has 8 heavy (non-hydrogen) atoms. The first-order valence-electron chi connectivity index (χ1n) is 2.51. The van der Waals surface area contributed by atoms with Gasteiger partial charge in [0.2, 0.25) is 0 Å². The third-order valence-corrected chi connectivity index (χ3v) is 1.62. The van der Waals surface area contributed by atoms with Gasteiger partial charge in [0, 0.05) is 13.6 Å².